The Bertz CT molecular complexity index is 911. The summed E-state index contributed by atoms with van der Waals surface area (Å²) in [5.74, 6) is -0.402. The van der Waals surface area contributed by atoms with Crippen LogP contribution in [0.3, 0.4) is 0 Å². The number of nitro groups is 1. The molecule has 146 valence electrons. The summed E-state index contributed by atoms with van der Waals surface area (Å²) in [7, 11) is 0. The van der Waals surface area contributed by atoms with E-state index in [1.807, 2.05) is 19.9 Å². The Morgan fingerprint density at radius 3 is 2.67 bits per heavy atom. The van der Waals surface area contributed by atoms with Gasteiger partial charge in [0.05, 0.1) is 10.4 Å². The maximum Gasteiger partial charge on any atom is 0.297 e. The molecule has 1 N–H and O–H groups in total. The Kier molecular flexibility index (Phi) is 6.98. The van der Waals surface area contributed by atoms with Crippen LogP contribution in [0.25, 0.3) is 10.9 Å². The molecule has 0 fully saturated rings. The number of nitro benzene ring substituents is 1. The highest BCUT2D eigenvalue weighted by Crippen LogP contribution is 2.34. The molecule has 0 aliphatic carbocycles. The van der Waals surface area contributed by atoms with Crippen LogP contribution in [0.4, 0.5) is 5.69 Å². The fraction of sp³-hybridized carbons (Fsp3) is 0.450. The van der Waals surface area contributed by atoms with Gasteiger partial charge in [-0.15, -0.1) is 0 Å². The Labute approximate surface area is 158 Å². The molecule has 0 spiro atoms. The third-order valence-corrected chi connectivity index (χ3v) is 4.34. The van der Waals surface area contributed by atoms with Crippen molar-refractivity contribution >= 4 is 16.6 Å². The van der Waals surface area contributed by atoms with Gasteiger partial charge in [0.2, 0.25) is 5.75 Å². The van der Waals surface area contributed by atoms with Crippen LogP contribution >= 0.6 is 0 Å². The average molecular weight is 374 g/mol. The van der Waals surface area contributed by atoms with Gasteiger partial charge in [0.15, 0.2) is 5.75 Å². The summed E-state index contributed by atoms with van der Waals surface area (Å²) < 4.78 is 7.03. The minimum atomic E-state index is -0.591. The van der Waals surface area contributed by atoms with Crippen LogP contribution in [0.2, 0.25) is 0 Å². The van der Waals surface area contributed by atoms with Crippen molar-refractivity contribution in [2.45, 2.75) is 53.0 Å². The molecule has 7 nitrogen and oxygen atoms in total. The molecular weight excluding hydrogens is 348 g/mol. The van der Waals surface area contributed by atoms with Crippen LogP contribution in [-0.4, -0.2) is 21.2 Å². The van der Waals surface area contributed by atoms with Gasteiger partial charge in [-0.2, -0.15) is 0 Å². The molecule has 7 heteroatoms. The minimum Gasteiger partial charge on any atom is -0.500 e. The summed E-state index contributed by atoms with van der Waals surface area (Å²) in [6.45, 7) is 6.51. The standard InChI is InChI=1S/C20H26N2O5/c1-4-5-6-7-11-21-17-13-15(22(25)26)8-9-16(17)19(18(23)20(21)24)27-12-10-14(2)3/h8-10,13,23H,4-7,11-12H2,1-3H3. The Hall–Kier alpha value is -2.83. The number of rotatable bonds is 9. The number of allylic oxidation sites excluding steroid dienone is 1. The number of unbranched alkanes of at least 4 members (excludes halogenated alkanes) is 3. The second-order valence-electron chi connectivity index (χ2n) is 6.75. The number of ether oxygens (including phenoxy) is 1. The topological polar surface area (TPSA) is 94.6 Å². The van der Waals surface area contributed by atoms with E-state index >= 15 is 0 Å². The first kappa shape index (κ1) is 20.5. The first-order chi connectivity index (χ1) is 12.9. The SMILES string of the molecule is CCCCCCn1c(=O)c(O)c(OCC=C(C)C)c2ccc([N+](=O)[O-])cc21. The van der Waals surface area contributed by atoms with E-state index in [1.165, 1.54) is 22.8 Å². The first-order valence-electron chi connectivity index (χ1n) is 9.16. The van der Waals surface area contributed by atoms with Gasteiger partial charge in [-0.1, -0.05) is 31.8 Å². The zero-order valence-electron chi connectivity index (χ0n) is 16.0. The first-order valence-corrected chi connectivity index (χ1v) is 9.16. The van der Waals surface area contributed by atoms with Crippen molar-refractivity contribution < 1.29 is 14.8 Å². The molecule has 0 aliphatic rings. The van der Waals surface area contributed by atoms with Gasteiger partial charge >= 0.3 is 0 Å². The van der Waals surface area contributed by atoms with Crippen LogP contribution in [0, 0.1) is 10.1 Å². The zero-order chi connectivity index (χ0) is 20.0. The van der Waals surface area contributed by atoms with Crippen LogP contribution in [0.5, 0.6) is 11.5 Å². The van der Waals surface area contributed by atoms with Gasteiger partial charge in [-0.05, 0) is 32.4 Å². The van der Waals surface area contributed by atoms with E-state index in [4.69, 9.17) is 4.74 Å². The Balaban J connectivity index is 2.57. The van der Waals surface area contributed by atoms with E-state index in [-0.39, 0.29) is 18.0 Å². The summed E-state index contributed by atoms with van der Waals surface area (Å²) in [5, 5.41) is 22.1. The highest BCUT2D eigenvalue weighted by Gasteiger charge is 2.19. The molecule has 1 aromatic carbocycles. The van der Waals surface area contributed by atoms with Crippen molar-refractivity contribution in [3.63, 3.8) is 0 Å². The highest BCUT2D eigenvalue weighted by atomic mass is 16.6. The lowest BCUT2D eigenvalue weighted by atomic mass is 10.1. The zero-order valence-corrected chi connectivity index (χ0v) is 16.0. The van der Waals surface area contributed by atoms with Crippen molar-refractivity contribution in [2.75, 3.05) is 6.61 Å². The monoisotopic (exact) mass is 374 g/mol. The van der Waals surface area contributed by atoms with Crippen molar-refractivity contribution in [1.29, 1.82) is 0 Å². The third-order valence-electron chi connectivity index (χ3n) is 4.34. The predicted molar refractivity (Wildman–Crippen MR) is 106 cm³/mol. The van der Waals surface area contributed by atoms with Crippen molar-refractivity contribution in [3.05, 3.63) is 50.3 Å². The quantitative estimate of drug-likeness (QED) is 0.301. The smallest absolute Gasteiger partial charge is 0.297 e. The van der Waals surface area contributed by atoms with Crippen molar-refractivity contribution in [2.24, 2.45) is 0 Å². The molecule has 1 aromatic heterocycles. The van der Waals surface area contributed by atoms with Gasteiger partial charge < -0.3 is 14.4 Å². The van der Waals surface area contributed by atoms with E-state index in [9.17, 15) is 20.0 Å². The normalized spacial score (nSPS) is 10.8. The third kappa shape index (κ3) is 4.87. The minimum absolute atomic E-state index is 0.0622. The summed E-state index contributed by atoms with van der Waals surface area (Å²) in [5.41, 5.74) is 0.742. The molecule has 0 aliphatic heterocycles. The average Bonchev–Trinajstić information content (AvgIpc) is 2.63. The number of nitrogens with zero attached hydrogens (tertiary/aromatic N) is 2. The van der Waals surface area contributed by atoms with Crippen molar-refractivity contribution in [1.82, 2.24) is 4.57 Å². The summed E-state index contributed by atoms with van der Waals surface area (Å²) in [4.78, 5) is 23.4. The number of benzene rings is 1. The molecule has 0 saturated carbocycles. The number of non-ortho nitro benzene ring substituents is 1. The predicted octanol–water partition coefficient (Wildman–Crippen LogP) is 4.54. The second-order valence-corrected chi connectivity index (χ2v) is 6.75. The van der Waals surface area contributed by atoms with Crippen LogP contribution in [0.15, 0.2) is 34.6 Å². The van der Waals surface area contributed by atoms with E-state index in [0.717, 1.165) is 31.3 Å². The number of fused-ring (bicyclic) bond motifs is 1. The van der Waals surface area contributed by atoms with Gasteiger partial charge in [-0.3, -0.25) is 14.9 Å². The number of pyridine rings is 1. The Morgan fingerprint density at radius 1 is 1.30 bits per heavy atom. The molecule has 0 radical (unpaired) electrons. The van der Waals surface area contributed by atoms with Crippen molar-refractivity contribution in [3.8, 4) is 11.5 Å². The summed E-state index contributed by atoms with van der Waals surface area (Å²) in [6, 6.07) is 4.23. The lowest BCUT2D eigenvalue weighted by Crippen LogP contribution is -2.21. The van der Waals surface area contributed by atoms with Gasteiger partial charge in [-0.25, -0.2) is 0 Å². The van der Waals surface area contributed by atoms with Crippen LogP contribution in [0.1, 0.15) is 46.5 Å². The molecule has 0 unspecified atom stereocenters. The van der Waals surface area contributed by atoms with E-state index < -0.39 is 16.2 Å². The largest absolute Gasteiger partial charge is 0.500 e. The number of aromatic hydroxyl groups is 1. The lowest BCUT2D eigenvalue weighted by molar-refractivity contribution is -0.384. The maximum atomic E-state index is 12.7. The molecular formula is C20H26N2O5. The number of aromatic nitrogens is 1. The van der Waals surface area contributed by atoms with E-state index in [0.29, 0.717) is 17.4 Å². The maximum absolute atomic E-state index is 12.7. The molecule has 2 rings (SSSR count). The summed E-state index contributed by atoms with van der Waals surface area (Å²) in [6.07, 6.45) is 5.63. The summed E-state index contributed by atoms with van der Waals surface area (Å²) >= 11 is 0. The molecule has 2 aromatic rings. The molecule has 1 heterocycles. The molecule has 0 amide bonds. The molecule has 0 atom stereocenters. The second kappa shape index (κ2) is 9.21. The van der Waals surface area contributed by atoms with Crippen LogP contribution < -0.4 is 10.3 Å². The van der Waals surface area contributed by atoms with Gasteiger partial charge in [0.1, 0.15) is 6.61 Å². The molecule has 27 heavy (non-hydrogen) atoms. The molecule has 0 saturated heterocycles. The van der Waals surface area contributed by atoms with Gasteiger partial charge in [0, 0.05) is 24.1 Å². The van der Waals surface area contributed by atoms with E-state index in [1.54, 1.807) is 0 Å². The fourth-order valence-corrected chi connectivity index (χ4v) is 2.87. The van der Waals surface area contributed by atoms with Crippen LogP contribution in [-0.2, 0) is 6.54 Å². The lowest BCUT2D eigenvalue weighted by Gasteiger charge is -2.15. The number of hydrogen-bond acceptors (Lipinski definition) is 5. The van der Waals surface area contributed by atoms with E-state index in [2.05, 4.69) is 6.92 Å². The Morgan fingerprint density at radius 2 is 2.04 bits per heavy atom. The number of hydrogen-bond donors (Lipinski definition) is 1. The fourth-order valence-electron chi connectivity index (χ4n) is 2.87. The highest BCUT2D eigenvalue weighted by molar-refractivity contribution is 5.89. The molecule has 0 bridgehead atoms. The number of aryl methyl sites for hydroxylation is 1. The van der Waals surface area contributed by atoms with Gasteiger partial charge in [0.25, 0.3) is 11.2 Å².